The number of carbonyl (C=O) groups is 1. The molecule has 0 radical (unpaired) electrons. The highest BCUT2D eigenvalue weighted by Crippen LogP contribution is 2.37. The Balaban J connectivity index is 2.17. The van der Waals surface area contributed by atoms with Gasteiger partial charge in [0.15, 0.2) is 0 Å². The molecule has 0 fully saturated rings. The summed E-state index contributed by atoms with van der Waals surface area (Å²) in [6.07, 6.45) is -0.127. The Bertz CT molecular complexity index is 741. The van der Waals surface area contributed by atoms with E-state index in [1.165, 1.54) is 22.3 Å². The fourth-order valence-electron chi connectivity index (χ4n) is 3.64. The number of amides is 1. The minimum absolute atomic E-state index is 0.0960. The third-order valence-corrected chi connectivity index (χ3v) is 4.53. The van der Waals surface area contributed by atoms with Crippen LogP contribution in [-0.4, -0.2) is 16.8 Å². The summed E-state index contributed by atoms with van der Waals surface area (Å²) in [5, 5.41) is 3.58. The lowest BCUT2D eigenvalue weighted by molar-refractivity contribution is 0.0616. The van der Waals surface area contributed by atoms with E-state index in [0.717, 1.165) is 11.3 Å². The topological polar surface area (TPSA) is 32.3 Å². The molecule has 2 aromatic carbocycles. The van der Waals surface area contributed by atoms with Crippen LogP contribution in [0.5, 0.6) is 0 Å². The lowest BCUT2D eigenvalue weighted by atomic mass is 9.94. The number of benzene rings is 2. The molecule has 1 N–H and O–H groups in total. The number of nitrogens with zero attached hydrogens (tertiary/aromatic N) is 1. The number of fused-ring (bicyclic) bond motifs is 1. The molecular formula is C20H24N2O. The highest BCUT2D eigenvalue weighted by atomic mass is 16.2. The molecule has 3 heteroatoms. The fraction of sp³-hybridized carbons (Fsp3) is 0.350. The van der Waals surface area contributed by atoms with Gasteiger partial charge in [0.1, 0.15) is 6.17 Å². The van der Waals surface area contributed by atoms with E-state index in [1.54, 1.807) is 0 Å². The first kappa shape index (κ1) is 15.6. The summed E-state index contributed by atoms with van der Waals surface area (Å²) in [4.78, 5) is 15.0. The van der Waals surface area contributed by atoms with Crippen LogP contribution >= 0.6 is 0 Å². The van der Waals surface area contributed by atoms with Gasteiger partial charge in [0.2, 0.25) is 0 Å². The minimum Gasteiger partial charge on any atom is -0.361 e. The van der Waals surface area contributed by atoms with Crippen LogP contribution in [0.3, 0.4) is 0 Å². The first-order chi connectivity index (χ1) is 10.9. The fourth-order valence-corrected chi connectivity index (χ4v) is 3.64. The number of nitrogens with one attached hydrogen (secondary N) is 1. The van der Waals surface area contributed by atoms with Crippen LogP contribution in [0.15, 0.2) is 36.4 Å². The van der Waals surface area contributed by atoms with Gasteiger partial charge >= 0.3 is 0 Å². The maximum absolute atomic E-state index is 13.0. The quantitative estimate of drug-likeness (QED) is 0.880. The van der Waals surface area contributed by atoms with E-state index in [9.17, 15) is 4.79 Å². The van der Waals surface area contributed by atoms with Gasteiger partial charge in [-0.2, -0.15) is 0 Å². The maximum Gasteiger partial charge on any atom is 0.258 e. The van der Waals surface area contributed by atoms with Gasteiger partial charge in [-0.3, -0.25) is 4.79 Å². The lowest BCUT2D eigenvalue weighted by Crippen LogP contribution is -2.47. The van der Waals surface area contributed by atoms with Gasteiger partial charge in [-0.1, -0.05) is 29.8 Å². The Kier molecular flexibility index (Phi) is 3.88. The van der Waals surface area contributed by atoms with E-state index in [1.807, 2.05) is 29.2 Å². The van der Waals surface area contributed by atoms with E-state index in [4.69, 9.17) is 0 Å². The molecule has 0 spiro atoms. The average Bonchev–Trinajstić information content (AvgIpc) is 2.46. The van der Waals surface area contributed by atoms with E-state index < -0.39 is 0 Å². The zero-order valence-electron chi connectivity index (χ0n) is 14.5. The van der Waals surface area contributed by atoms with Crippen molar-refractivity contribution in [1.82, 2.24) is 4.90 Å². The second kappa shape index (κ2) is 5.73. The number of hydrogen-bond donors (Lipinski definition) is 1. The number of hydrogen-bond acceptors (Lipinski definition) is 2. The molecule has 1 unspecified atom stereocenters. The highest BCUT2D eigenvalue weighted by molar-refractivity contribution is 6.02. The predicted molar refractivity (Wildman–Crippen MR) is 94.8 cm³/mol. The molecule has 1 amide bonds. The first-order valence-electron chi connectivity index (χ1n) is 8.16. The Morgan fingerprint density at radius 2 is 1.65 bits per heavy atom. The highest BCUT2D eigenvalue weighted by Gasteiger charge is 2.35. The molecule has 1 heterocycles. The standard InChI is InChI=1S/C20H24N2O/c1-12(2)22-19(18-14(4)10-13(3)11-15(18)5)21-17-9-7-6-8-16(17)20(22)23/h6-12,19,21H,1-5H3. The molecule has 1 aliphatic rings. The Morgan fingerprint density at radius 1 is 1.04 bits per heavy atom. The van der Waals surface area contributed by atoms with E-state index in [0.29, 0.717) is 0 Å². The summed E-state index contributed by atoms with van der Waals surface area (Å²) in [5.41, 5.74) is 6.56. The monoisotopic (exact) mass is 308 g/mol. The molecule has 0 saturated heterocycles. The van der Waals surface area contributed by atoms with Crippen molar-refractivity contribution in [3.05, 3.63) is 64.2 Å². The lowest BCUT2D eigenvalue weighted by Gasteiger charge is -2.41. The van der Waals surface area contributed by atoms with Crippen LogP contribution in [0.1, 0.15) is 52.6 Å². The summed E-state index contributed by atoms with van der Waals surface area (Å²) in [5.74, 6) is 0.0960. The molecule has 120 valence electrons. The number of para-hydroxylation sites is 1. The maximum atomic E-state index is 13.0. The number of carbonyl (C=O) groups excluding carboxylic acids is 1. The predicted octanol–water partition coefficient (Wildman–Crippen LogP) is 4.59. The summed E-state index contributed by atoms with van der Waals surface area (Å²) in [6.45, 7) is 10.5. The second-order valence-electron chi connectivity index (χ2n) is 6.71. The first-order valence-corrected chi connectivity index (χ1v) is 8.16. The van der Waals surface area contributed by atoms with Crippen molar-refractivity contribution in [2.24, 2.45) is 0 Å². The minimum atomic E-state index is -0.127. The summed E-state index contributed by atoms with van der Waals surface area (Å²) in [7, 11) is 0. The molecule has 2 aromatic rings. The van der Waals surface area contributed by atoms with Gasteiger partial charge < -0.3 is 10.2 Å². The molecule has 0 bridgehead atoms. The molecule has 0 aromatic heterocycles. The van der Waals surface area contributed by atoms with Gasteiger partial charge in [0.05, 0.1) is 5.56 Å². The van der Waals surface area contributed by atoms with Gasteiger partial charge in [-0.25, -0.2) is 0 Å². The van der Waals surface area contributed by atoms with Gasteiger partial charge in [-0.15, -0.1) is 0 Å². The van der Waals surface area contributed by atoms with Crippen molar-refractivity contribution in [3.8, 4) is 0 Å². The van der Waals surface area contributed by atoms with E-state index in [-0.39, 0.29) is 18.1 Å². The SMILES string of the molecule is Cc1cc(C)c(C2Nc3ccccc3C(=O)N2C(C)C)c(C)c1. The molecule has 3 rings (SSSR count). The molecule has 1 aliphatic heterocycles. The summed E-state index contributed by atoms with van der Waals surface area (Å²) >= 11 is 0. The van der Waals surface area contributed by atoms with Crippen LogP contribution in [0, 0.1) is 20.8 Å². The van der Waals surface area contributed by atoms with Crippen molar-refractivity contribution in [3.63, 3.8) is 0 Å². The molecule has 0 saturated carbocycles. The van der Waals surface area contributed by atoms with Crippen LogP contribution in [0.25, 0.3) is 0 Å². The number of rotatable bonds is 2. The third-order valence-electron chi connectivity index (χ3n) is 4.53. The van der Waals surface area contributed by atoms with Crippen molar-refractivity contribution >= 4 is 11.6 Å². The van der Waals surface area contributed by atoms with Crippen LogP contribution < -0.4 is 5.32 Å². The molecule has 1 atom stereocenters. The van der Waals surface area contributed by atoms with Gasteiger partial charge in [0.25, 0.3) is 5.91 Å². The largest absolute Gasteiger partial charge is 0.361 e. The van der Waals surface area contributed by atoms with E-state index in [2.05, 4.69) is 52.1 Å². The average molecular weight is 308 g/mol. The smallest absolute Gasteiger partial charge is 0.258 e. The van der Waals surface area contributed by atoms with Crippen LogP contribution in [0.2, 0.25) is 0 Å². The van der Waals surface area contributed by atoms with Gasteiger partial charge in [-0.05, 0) is 57.9 Å². The van der Waals surface area contributed by atoms with Crippen molar-refractivity contribution in [1.29, 1.82) is 0 Å². The molecule has 3 nitrogen and oxygen atoms in total. The normalized spacial score (nSPS) is 17.2. The van der Waals surface area contributed by atoms with Crippen LogP contribution in [-0.2, 0) is 0 Å². The second-order valence-corrected chi connectivity index (χ2v) is 6.71. The molecule has 0 aliphatic carbocycles. The number of aryl methyl sites for hydroxylation is 3. The van der Waals surface area contributed by atoms with E-state index >= 15 is 0 Å². The molecule has 23 heavy (non-hydrogen) atoms. The van der Waals surface area contributed by atoms with Crippen molar-refractivity contribution < 1.29 is 4.79 Å². The summed E-state index contributed by atoms with van der Waals surface area (Å²) in [6, 6.07) is 12.3. The van der Waals surface area contributed by atoms with Crippen LogP contribution in [0.4, 0.5) is 5.69 Å². The Morgan fingerprint density at radius 3 is 2.26 bits per heavy atom. The zero-order chi connectivity index (χ0) is 16.7. The van der Waals surface area contributed by atoms with Crippen molar-refractivity contribution in [2.45, 2.75) is 46.8 Å². The summed E-state index contributed by atoms with van der Waals surface area (Å²) < 4.78 is 0. The van der Waals surface area contributed by atoms with Gasteiger partial charge in [0, 0.05) is 17.3 Å². The zero-order valence-corrected chi connectivity index (χ0v) is 14.5. The number of anilines is 1. The Hall–Kier alpha value is -2.29. The molecular weight excluding hydrogens is 284 g/mol. The van der Waals surface area contributed by atoms with Crippen molar-refractivity contribution in [2.75, 3.05) is 5.32 Å². The Labute approximate surface area is 138 Å². The third kappa shape index (κ3) is 2.61.